The van der Waals surface area contributed by atoms with E-state index in [1.165, 1.54) is 12.1 Å². The molecule has 0 unspecified atom stereocenters. The van der Waals surface area contributed by atoms with Crippen molar-refractivity contribution in [3.8, 4) is 0 Å². The molecule has 0 aliphatic heterocycles. The first-order valence-corrected chi connectivity index (χ1v) is 14.4. The van der Waals surface area contributed by atoms with Gasteiger partial charge in [-0.2, -0.15) is 26.3 Å². The molecular weight excluding hydrogens is 670 g/mol. The lowest BCUT2D eigenvalue weighted by molar-refractivity contribution is -0.348. The second-order valence-corrected chi connectivity index (χ2v) is 13.3. The van der Waals surface area contributed by atoms with Gasteiger partial charge < -0.3 is 5.32 Å². The summed E-state index contributed by atoms with van der Waals surface area (Å²) < 4.78 is 117. The lowest BCUT2D eigenvalue weighted by Gasteiger charge is -2.30. The average molecular weight is 695 g/mol. The molecule has 1 amide bonds. The van der Waals surface area contributed by atoms with Gasteiger partial charge in [-0.15, -0.1) is 0 Å². The molecule has 0 fully saturated rings. The predicted molar refractivity (Wildman–Crippen MR) is 140 cm³/mol. The number of benzene rings is 2. The third-order valence-electron chi connectivity index (χ3n) is 5.87. The zero-order valence-electron chi connectivity index (χ0n) is 21.2. The topological polar surface area (TPSA) is 80.3 Å². The van der Waals surface area contributed by atoms with E-state index in [2.05, 4.69) is 5.32 Å². The first kappa shape index (κ1) is 33.0. The minimum atomic E-state index is -6.28. The molecule has 0 aliphatic carbocycles. The van der Waals surface area contributed by atoms with Gasteiger partial charge in [0.2, 0.25) is 0 Å². The summed E-state index contributed by atoms with van der Waals surface area (Å²) in [6.45, 7) is 4.46. The fourth-order valence-electron chi connectivity index (χ4n) is 4.05. The number of nitrogens with one attached hydrogen (secondary N) is 1. The summed E-state index contributed by atoms with van der Waals surface area (Å²) >= 11 is 1.83. The van der Waals surface area contributed by atoms with Gasteiger partial charge in [-0.05, 0) is 65.1 Å². The van der Waals surface area contributed by atoms with E-state index in [1.54, 1.807) is 19.9 Å². The highest BCUT2D eigenvalue weighted by Gasteiger charge is 2.73. The number of halogens is 8. The van der Waals surface area contributed by atoms with Crippen molar-refractivity contribution in [3.05, 3.63) is 62.2 Å². The predicted octanol–water partition coefficient (Wildman–Crippen LogP) is 7.18. The second-order valence-electron chi connectivity index (χ2n) is 9.96. The van der Waals surface area contributed by atoms with Crippen molar-refractivity contribution in [1.29, 1.82) is 0 Å². The highest BCUT2D eigenvalue weighted by atomic mass is 127. The standard InChI is InChI=1S/C25H25F7INO4S/c1-14-12-15(23(26,24(27,28)29)25(30,31)32)8-9-18(14)34-21(36)16-6-5-7-17(33)20(16)19(35)10-11-22(2,3)13-39(4,37)38/h5-9,12H,10-11,13H2,1-4H3,(H,34,36). The van der Waals surface area contributed by atoms with Crippen LogP contribution < -0.4 is 5.32 Å². The first-order chi connectivity index (χ1) is 17.5. The molecule has 2 aromatic rings. The Labute approximate surface area is 234 Å². The number of anilines is 1. The van der Waals surface area contributed by atoms with E-state index in [9.17, 15) is 48.7 Å². The number of hydrogen-bond donors (Lipinski definition) is 1. The van der Waals surface area contributed by atoms with E-state index in [1.807, 2.05) is 22.6 Å². The molecule has 0 spiro atoms. The van der Waals surface area contributed by atoms with Gasteiger partial charge in [0.15, 0.2) is 5.78 Å². The van der Waals surface area contributed by atoms with Crippen LogP contribution in [0.1, 0.15) is 58.5 Å². The molecule has 2 aromatic carbocycles. The summed E-state index contributed by atoms with van der Waals surface area (Å²) in [7, 11) is -3.32. The molecule has 39 heavy (non-hydrogen) atoms. The van der Waals surface area contributed by atoms with Gasteiger partial charge in [0.1, 0.15) is 9.84 Å². The monoisotopic (exact) mass is 695 g/mol. The molecule has 0 aromatic heterocycles. The Bertz CT molecular complexity index is 1360. The molecule has 0 saturated carbocycles. The van der Waals surface area contributed by atoms with Gasteiger partial charge in [0, 0.05) is 33.1 Å². The maximum absolute atomic E-state index is 14.4. The van der Waals surface area contributed by atoms with Crippen LogP contribution in [0, 0.1) is 15.9 Å². The number of amides is 1. The number of carbonyl (C=O) groups excluding carboxylic acids is 2. The average Bonchev–Trinajstić information content (AvgIpc) is 2.75. The van der Waals surface area contributed by atoms with Crippen LogP contribution in [0.4, 0.5) is 36.4 Å². The minimum absolute atomic E-state index is 0.0250. The molecule has 0 bridgehead atoms. The SMILES string of the molecule is Cc1cc(C(F)(C(F)(F)F)C(F)(F)F)ccc1NC(=O)c1cccc(I)c1C(=O)CCC(C)(C)CS(C)(=O)=O. The summed E-state index contributed by atoms with van der Waals surface area (Å²) in [5, 5.41) is 2.35. The van der Waals surface area contributed by atoms with Crippen molar-refractivity contribution < 1.29 is 48.7 Å². The van der Waals surface area contributed by atoms with Crippen molar-refractivity contribution in [2.75, 3.05) is 17.3 Å². The molecule has 0 saturated heterocycles. The molecule has 1 N–H and O–H groups in total. The number of alkyl halides is 7. The highest BCUT2D eigenvalue weighted by molar-refractivity contribution is 14.1. The zero-order chi connectivity index (χ0) is 30.2. The van der Waals surface area contributed by atoms with Crippen molar-refractivity contribution in [1.82, 2.24) is 0 Å². The number of rotatable bonds is 9. The lowest BCUT2D eigenvalue weighted by atomic mass is 9.87. The van der Waals surface area contributed by atoms with E-state index in [0.717, 1.165) is 19.2 Å². The van der Waals surface area contributed by atoms with Crippen molar-refractivity contribution in [3.63, 3.8) is 0 Å². The quantitative estimate of drug-likeness (QED) is 0.171. The number of sulfone groups is 1. The van der Waals surface area contributed by atoms with Crippen molar-refractivity contribution >= 4 is 49.8 Å². The number of carbonyl (C=O) groups is 2. The molecule has 0 aliphatic rings. The van der Waals surface area contributed by atoms with Gasteiger partial charge in [-0.1, -0.05) is 32.0 Å². The van der Waals surface area contributed by atoms with E-state index in [-0.39, 0.29) is 47.0 Å². The van der Waals surface area contributed by atoms with Crippen LogP contribution in [-0.2, 0) is 15.5 Å². The van der Waals surface area contributed by atoms with Crippen LogP contribution in [0.25, 0.3) is 0 Å². The molecule has 216 valence electrons. The van der Waals surface area contributed by atoms with Crippen molar-refractivity contribution in [2.45, 2.75) is 51.6 Å². The summed E-state index contributed by atoms with van der Waals surface area (Å²) in [6.07, 6.45) is -11.4. The zero-order valence-corrected chi connectivity index (χ0v) is 24.1. The number of ketones is 1. The molecule has 14 heteroatoms. The second kappa shape index (κ2) is 11.3. The summed E-state index contributed by atoms with van der Waals surface area (Å²) in [4.78, 5) is 26.1. The lowest BCUT2D eigenvalue weighted by Crippen LogP contribution is -2.50. The van der Waals surface area contributed by atoms with Gasteiger partial charge in [0.05, 0.1) is 11.3 Å². The molecule has 2 rings (SSSR count). The van der Waals surface area contributed by atoms with Gasteiger partial charge in [0.25, 0.3) is 5.91 Å². The normalized spacial score (nSPS) is 13.3. The van der Waals surface area contributed by atoms with E-state index in [4.69, 9.17) is 0 Å². The minimum Gasteiger partial charge on any atom is -0.322 e. The van der Waals surface area contributed by atoms with Crippen molar-refractivity contribution in [2.24, 2.45) is 5.41 Å². The van der Waals surface area contributed by atoms with Crippen LogP contribution >= 0.6 is 22.6 Å². The Morgan fingerprint density at radius 2 is 1.51 bits per heavy atom. The Morgan fingerprint density at radius 1 is 0.949 bits per heavy atom. The Balaban J connectivity index is 2.37. The largest absolute Gasteiger partial charge is 0.435 e. The molecular formula is C25H25F7INO4S. The van der Waals surface area contributed by atoms with Crippen LogP contribution in [0.3, 0.4) is 0 Å². The van der Waals surface area contributed by atoms with E-state index in [0.29, 0.717) is 9.64 Å². The van der Waals surface area contributed by atoms with Crippen LogP contribution in [0.15, 0.2) is 36.4 Å². The van der Waals surface area contributed by atoms with Crippen LogP contribution in [-0.4, -0.2) is 44.5 Å². The Hall–Kier alpha value is -2.23. The molecule has 0 atom stereocenters. The number of hydrogen-bond acceptors (Lipinski definition) is 4. The fourth-order valence-corrected chi connectivity index (χ4v) is 6.41. The maximum atomic E-state index is 14.4. The van der Waals surface area contributed by atoms with E-state index < -0.39 is 50.5 Å². The van der Waals surface area contributed by atoms with Gasteiger partial charge in [-0.3, -0.25) is 9.59 Å². The van der Waals surface area contributed by atoms with Gasteiger partial charge >= 0.3 is 18.0 Å². The molecule has 5 nitrogen and oxygen atoms in total. The van der Waals surface area contributed by atoms with Crippen LogP contribution in [0.2, 0.25) is 0 Å². The number of Topliss-reactive ketones (excluding diaryl/α,β-unsaturated/α-hetero) is 1. The third kappa shape index (κ3) is 7.70. The van der Waals surface area contributed by atoms with Crippen LogP contribution in [0.5, 0.6) is 0 Å². The Kier molecular flexibility index (Phi) is 9.58. The Morgan fingerprint density at radius 3 is 2.00 bits per heavy atom. The van der Waals surface area contributed by atoms with Gasteiger partial charge in [-0.25, -0.2) is 12.8 Å². The summed E-state index contributed by atoms with van der Waals surface area (Å²) in [5.74, 6) is -1.50. The summed E-state index contributed by atoms with van der Waals surface area (Å²) in [6, 6.07) is 5.70. The van der Waals surface area contributed by atoms with E-state index >= 15 is 0 Å². The highest BCUT2D eigenvalue weighted by Crippen LogP contribution is 2.53. The number of aryl methyl sites for hydroxylation is 1. The fraction of sp³-hybridized carbons (Fsp3) is 0.440. The third-order valence-corrected chi connectivity index (χ3v) is 8.08. The smallest absolute Gasteiger partial charge is 0.322 e. The molecule has 0 heterocycles. The molecule has 0 radical (unpaired) electrons. The summed E-state index contributed by atoms with van der Waals surface area (Å²) in [5.41, 5.74) is -8.60. The maximum Gasteiger partial charge on any atom is 0.435 e. The first-order valence-electron chi connectivity index (χ1n) is 11.2.